The van der Waals surface area contributed by atoms with Gasteiger partial charge < -0.3 is 20.1 Å². The molecule has 1 aliphatic heterocycles. The summed E-state index contributed by atoms with van der Waals surface area (Å²) in [4.78, 5) is 14.3. The molecule has 0 bridgehead atoms. The number of hydrogen-bond acceptors (Lipinski definition) is 7. The minimum atomic E-state index is -1.80. The van der Waals surface area contributed by atoms with Crippen molar-refractivity contribution < 1.29 is 14.3 Å². The predicted octanol–water partition coefficient (Wildman–Crippen LogP) is 3.36. The number of rotatable bonds is 2. The number of carbonyl (C=O) groups excluding carboxylic acids is 1. The molecule has 2 atom stereocenters. The van der Waals surface area contributed by atoms with E-state index in [1.165, 1.54) is 4.90 Å². The van der Waals surface area contributed by atoms with Crippen molar-refractivity contribution in [3.63, 3.8) is 0 Å². The summed E-state index contributed by atoms with van der Waals surface area (Å²) in [5, 5.41) is 30.1. The molecule has 0 fully saturated rings. The van der Waals surface area contributed by atoms with E-state index in [2.05, 4.69) is 12.1 Å². The molecule has 1 amide bonds. The van der Waals surface area contributed by atoms with E-state index < -0.39 is 28.9 Å². The average Bonchev–Trinajstić information content (AvgIpc) is 2.77. The minimum absolute atomic E-state index is 0.0588. The molecule has 1 aromatic rings. The fraction of sp³-hybridized carbons (Fsp3) is 0.417. The van der Waals surface area contributed by atoms with Crippen LogP contribution in [0.2, 0.25) is 0 Å². The van der Waals surface area contributed by atoms with Crippen LogP contribution in [0.25, 0.3) is 0 Å². The number of fused-ring (bicyclic) bond motifs is 1. The van der Waals surface area contributed by atoms with Crippen LogP contribution in [-0.2, 0) is 4.74 Å². The van der Waals surface area contributed by atoms with Gasteiger partial charge in [-0.1, -0.05) is 18.2 Å². The summed E-state index contributed by atoms with van der Waals surface area (Å²) < 4.78 is 10.7. The number of methoxy groups -OCH3 is 1. The van der Waals surface area contributed by atoms with Crippen molar-refractivity contribution >= 4 is 6.09 Å². The number of hydrogen-bond donors (Lipinski definition) is 1. The molecule has 2 aliphatic rings. The van der Waals surface area contributed by atoms with Gasteiger partial charge in [-0.25, -0.2) is 4.79 Å². The van der Waals surface area contributed by atoms with Gasteiger partial charge in [-0.05, 0) is 44.0 Å². The van der Waals surface area contributed by atoms with Crippen molar-refractivity contribution in [2.45, 2.75) is 32.3 Å². The fourth-order valence-electron chi connectivity index (χ4n) is 4.37. The number of nitriles is 3. The first-order valence-electron chi connectivity index (χ1n) is 10.2. The zero-order valence-corrected chi connectivity index (χ0v) is 18.5. The Labute approximate surface area is 187 Å². The van der Waals surface area contributed by atoms with Crippen LogP contribution >= 0.6 is 0 Å². The molecule has 32 heavy (non-hydrogen) atoms. The molecule has 1 heterocycles. The molecule has 2 unspecified atom stereocenters. The van der Waals surface area contributed by atoms with E-state index in [-0.39, 0.29) is 24.4 Å². The van der Waals surface area contributed by atoms with Gasteiger partial charge in [0, 0.05) is 24.9 Å². The normalized spacial score (nSPS) is 21.9. The molecule has 1 aliphatic carbocycles. The molecule has 0 saturated heterocycles. The Morgan fingerprint density at radius 1 is 1.19 bits per heavy atom. The molecular weight excluding hydrogens is 406 g/mol. The van der Waals surface area contributed by atoms with E-state index in [1.54, 1.807) is 58.2 Å². The third-order valence-corrected chi connectivity index (χ3v) is 5.78. The van der Waals surface area contributed by atoms with Crippen LogP contribution in [0.5, 0.6) is 5.75 Å². The highest BCUT2D eigenvalue weighted by Gasteiger charge is 2.55. The van der Waals surface area contributed by atoms with Gasteiger partial charge in [0.1, 0.15) is 11.4 Å². The number of nitrogens with two attached hydrogens (primary N) is 1. The van der Waals surface area contributed by atoms with E-state index in [1.807, 2.05) is 6.07 Å². The van der Waals surface area contributed by atoms with Crippen molar-refractivity contribution in [3.05, 3.63) is 52.7 Å². The predicted molar refractivity (Wildman–Crippen MR) is 116 cm³/mol. The Balaban J connectivity index is 2.17. The highest BCUT2D eigenvalue weighted by Crippen LogP contribution is 2.54. The quantitative estimate of drug-likeness (QED) is 0.758. The molecule has 2 N–H and O–H groups in total. The molecule has 1 aromatic carbocycles. The minimum Gasteiger partial charge on any atom is -0.497 e. The number of nitrogens with zero attached hydrogens (tertiary/aromatic N) is 4. The summed E-state index contributed by atoms with van der Waals surface area (Å²) >= 11 is 0. The zero-order chi connectivity index (χ0) is 23.7. The van der Waals surface area contributed by atoms with Gasteiger partial charge >= 0.3 is 6.09 Å². The van der Waals surface area contributed by atoms with Crippen LogP contribution in [0.1, 0.15) is 32.3 Å². The number of allylic oxidation sites excluding steroid dienone is 2. The monoisotopic (exact) mass is 431 g/mol. The SMILES string of the molecule is COc1ccc(C2C3CN(C(=O)OC(C)(C)C)CC=C3C(N)=C(C#N)C2(C#N)C#N)cc1. The molecule has 8 heteroatoms. The molecule has 3 rings (SSSR count). The highest BCUT2D eigenvalue weighted by molar-refractivity contribution is 5.70. The van der Waals surface area contributed by atoms with Gasteiger partial charge in [-0.15, -0.1) is 0 Å². The lowest BCUT2D eigenvalue weighted by Crippen LogP contribution is -2.49. The maximum absolute atomic E-state index is 12.7. The van der Waals surface area contributed by atoms with Crippen molar-refractivity contribution in [2.75, 3.05) is 20.2 Å². The molecule has 8 nitrogen and oxygen atoms in total. The standard InChI is InChI=1S/C24H25N5O3/c1-23(2,3)32-22(30)29-10-9-17-18(12-29)20(15-5-7-16(31-4)8-6-15)24(13-26,14-27)19(11-25)21(17)28/h5-9,18,20H,10,12,28H2,1-4H3. The van der Waals surface area contributed by atoms with Gasteiger partial charge in [-0.3, -0.25) is 0 Å². The second-order valence-corrected chi connectivity index (χ2v) is 8.83. The molecule has 0 saturated carbocycles. The Kier molecular flexibility index (Phi) is 5.88. The Hall–Kier alpha value is -3.96. The lowest BCUT2D eigenvalue weighted by atomic mass is 9.57. The molecule has 164 valence electrons. The van der Waals surface area contributed by atoms with Crippen LogP contribution < -0.4 is 10.5 Å². The molecule has 0 aromatic heterocycles. The fourth-order valence-corrected chi connectivity index (χ4v) is 4.37. The lowest BCUT2D eigenvalue weighted by Gasteiger charge is -2.45. The third kappa shape index (κ3) is 3.74. The van der Waals surface area contributed by atoms with Gasteiger partial charge in [-0.2, -0.15) is 15.8 Å². The highest BCUT2D eigenvalue weighted by atomic mass is 16.6. The van der Waals surface area contributed by atoms with E-state index in [0.717, 1.165) is 0 Å². The van der Waals surface area contributed by atoms with E-state index in [0.29, 0.717) is 16.9 Å². The van der Waals surface area contributed by atoms with Crippen LogP contribution in [0.3, 0.4) is 0 Å². The Morgan fingerprint density at radius 2 is 1.81 bits per heavy atom. The summed E-state index contributed by atoms with van der Waals surface area (Å²) in [6.45, 7) is 5.80. The average molecular weight is 431 g/mol. The van der Waals surface area contributed by atoms with E-state index in [9.17, 15) is 20.6 Å². The Morgan fingerprint density at radius 3 is 2.31 bits per heavy atom. The largest absolute Gasteiger partial charge is 0.497 e. The van der Waals surface area contributed by atoms with Gasteiger partial charge in [0.25, 0.3) is 0 Å². The number of ether oxygens (including phenoxy) is 2. The van der Waals surface area contributed by atoms with Gasteiger partial charge in [0.2, 0.25) is 0 Å². The van der Waals surface area contributed by atoms with Crippen molar-refractivity contribution in [1.82, 2.24) is 4.90 Å². The van der Waals surface area contributed by atoms with E-state index >= 15 is 0 Å². The van der Waals surface area contributed by atoms with Crippen molar-refractivity contribution in [1.29, 1.82) is 15.8 Å². The number of carbonyl (C=O) groups is 1. The first kappa shape index (κ1) is 22.7. The van der Waals surface area contributed by atoms with E-state index in [4.69, 9.17) is 15.2 Å². The smallest absolute Gasteiger partial charge is 0.410 e. The summed E-state index contributed by atoms with van der Waals surface area (Å²) in [5.41, 5.74) is 5.27. The number of benzene rings is 1. The lowest BCUT2D eigenvalue weighted by molar-refractivity contribution is 0.0224. The van der Waals surface area contributed by atoms with Crippen molar-refractivity contribution in [2.24, 2.45) is 17.1 Å². The topological polar surface area (TPSA) is 136 Å². The zero-order valence-electron chi connectivity index (χ0n) is 18.5. The maximum Gasteiger partial charge on any atom is 0.410 e. The summed E-state index contributed by atoms with van der Waals surface area (Å²) in [6.07, 6.45) is 1.29. The van der Waals surface area contributed by atoms with Crippen LogP contribution in [-0.4, -0.2) is 36.8 Å². The second kappa shape index (κ2) is 8.29. The summed E-state index contributed by atoms with van der Waals surface area (Å²) in [7, 11) is 1.54. The third-order valence-electron chi connectivity index (χ3n) is 5.78. The van der Waals surface area contributed by atoms with Gasteiger partial charge in [0.15, 0.2) is 5.41 Å². The van der Waals surface area contributed by atoms with Crippen LogP contribution in [0.15, 0.2) is 47.2 Å². The van der Waals surface area contributed by atoms with Gasteiger partial charge in [0.05, 0.1) is 36.6 Å². The molecule has 0 radical (unpaired) electrons. The first-order chi connectivity index (χ1) is 15.1. The first-order valence-corrected chi connectivity index (χ1v) is 10.2. The Bertz CT molecular complexity index is 1090. The maximum atomic E-state index is 12.7. The van der Waals surface area contributed by atoms with Crippen molar-refractivity contribution in [3.8, 4) is 24.0 Å². The summed E-state index contributed by atoms with van der Waals surface area (Å²) in [6, 6.07) is 13.2. The second-order valence-electron chi connectivity index (χ2n) is 8.83. The molecule has 0 spiro atoms. The number of amides is 1. The van der Waals surface area contributed by atoms with Crippen LogP contribution in [0.4, 0.5) is 4.79 Å². The summed E-state index contributed by atoms with van der Waals surface area (Å²) in [5.74, 6) is -0.572. The van der Waals surface area contributed by atoms with Crippen LogP contribution in [0, 0.1) is 45.3 Å². The molecular formula is C24H25N5O3.